The van der Waals surface area contributed by atoms with Crippen LogP contribution in [0.2, 0.25) is 0 Å². The van der Waals surface area contributed by atoms with Crippen molar-refractivity contribution >= 4 is 27.3 Å². The molecule has 0 bridgehead atoms. The molecule has 2 aromatic heterocycles. The Balaban J connectivity index is 1.87. The maximum Gasteiger partial charge on any atom is 0.248 e. The lowest BCUT2D eigenvalue weighted by atomic mass is 10.00. The number of hydrogen-bond acceptors (Lipinski definition) is 7. The number of aryl methyl sites for hydroxylation is 1. The molecule has 0 saturated heterocycles. The number of aromatic nitrogens is 1. The number of nitrogens with one attached hydrogen (secondary N) is 1. The summed E-state index contributed by atoms with van der Waals surface area (Å²) in [6.07, 6.45) is 2.25. The van der Waals surface area contributed by atoms with Gasteiger partial charge in [0.15, 0.2) is 5.76 Å². The number of carbonyl (C=O) groups is 1. The molecule has 0 spiro atoms. The first-order valence-electron chi connectivity index (χ1n) is 11.3. The van der Waals surface area contributed by atoms with E-state index in [1.165, 1.54) is 28.8 Å². The second-order valence-corrected chi connectivity index (χ2v) is 11.4. The monoisotopic (exact) mass is 517 g/mol. The Morgan fingerprint density at radius 2 is 2.03 bits per heavy atom. The Morgan fingerprint density at radius 1 is 1.29 bits per heavy atom. The Bertz CT molecular complexity index is 1190. The highest BCUT2D eigenvalue weighted by Gasteiger charge is 2.33. The minimum atomic E-state index is -4.02. The Morgan fingerprint density at radius 3 is 2.63 bits per heavy atom. The number of amides is 1. The first-order valence-corrected chi connectivity index (χ1v) is 13.6. The standard InChI is InChI=1S/C25H31N3O5S2/c1-4-18(2)13-25(30)27-22(14-20-9-6-5-7-10-20)23(29)17-28(16-21-11-8-12-34-21)35(31,32)24-15-26-33-19(24)3/h4-12,15,18,22-23,29H,1,13-14,16-17H2,2-3H3,(H,27,30)/t18?,22-,23+/m0/s1. The SMILES string of the molecule is C=CC(C)CC(=O)N[C@@H](Cc1ccccc1)[C@H](O)CN(Cc1cccs1)S(=O)(=O)c1cnoc1C. The van der Waals surface area contributed by atoms with Crippen LogP contribution >= 0.6 is 11.3 Å². The van der Waals surface area contributed by atoms with Gasteiger partial charge in [-0.05, 0) is 36.3 Å². The highest BCUT2D eigenvalue weighted by Crippen LogP contribution is 2.24. The molecule has 3 rings (SSSR count). The Labute approximate surface area is 210 Å². The second kappa shape index (κ2) is 12.3. The van der Waals surface area contributed by atoms with Crippen LogP contribution in [0.3, 0.4) is 0 Å². The number of aliphatic hydroxyl groups is 1. The van der Waals surface area contributed by atoms with Crippen LogP contribution in [0.25, 0.3) is 0 Å². The third-order valence-corrected chi connectivity index (χ3v) is 8.41. The van der Waals surface area contributed by atoms with Crippen molar-refractivity contribution in [1.29, 1.82) is 0 Å². The summed E-state index contributed by atoms with van der Waals surface area (Å²) >= 11 is 1.42. The van der Waals surface area contributed by atoms with Crippen LogP contribution in [0.15, 0.2) is 76.1 Å². The molecular weight excluding hydrogens is 486 g/mol. The van der Waals surface area contributed by atoms with Crippen LogP contribution in [0.5, 0.6) is 0 Å². The maximum absolute atomic E-state index is 13.5. The number of hydrogen-bond donors (Lipinski definition) is 2. The molecule has 3 atom stereocenters. The number of nitrogens with zero attached hydrogens (tertiary/aromatic N) is 2. The van der Waals surface area contributed by atoms with Crippen LogP contribution in [0, 0.1) is 12.8 Å². The van der Waals surface area contributed by atoms with Gasteiger partial charge in [-0.2, -0.15) is 4.31 Å². The third-order valence-electron chi connectivity index (χ3n) is 5.65. The predicted octanol–water partition coefficient (Wildman–Crippen LogP) is 3.54. The number of carbonyl (C=O) groups excluding carboxylic acids is 1. The number of sulfonamides is 1. The van der Waals surface area contributed by atoms with Crippen molar-refractivity contribution in [3.05, 3.63) is 82.9 Å². The van der Waals surface area contributed by atoms with Gasteiger partial charge in [0.2, 0.25) is 15.9 Å². The van der Waals surface area contributed by atoms with Crippen LogP contribution in [0.4, 0.5) is 0 Å². The Kier molecular flexibility index (Phi) is 9.39. The molecule has 0 radical (unpaired) electrons. The average Bonchev–Trinajstić information content (AvgIpc) is 3.50. The molecular formula is C25H31N3O5S2. The van der Waals surface area contributed by atoms with Gasteiger partial charge in [0, 0.05) is 24.4 Å². The summed E-state index contributed by atoms with van der Waals surface area (Å²) in [6, 6.07) is 12.4. The van der Waals surface area contributed by atoms with Gasteiger partial charge >= 0.3 is 0 Å². The normalized spacial score (nSPS) is 14.4. The minimum absolute atomic E-state index is 0.0308. The zero-order valence-corrected chi connectivity index (χ0v) is 21.5. The summed E-state index contributed by atoms with van der Waals surface area (Å²) in [7, 11) is -4.02. The molecule has 1 unspecified atom stereocenters. The predicted molar refractivity (Wildman–Crippen MR) is 135 cm³/mol. The molecule has 0 saturated carbocycles. The molecule has 0 fully saturated rings. The van der Waals surface area contributed by atoms with Gasteiger partial charge in [-0.1, -0.05) is 54.6 Å². The lowest BCUT2D eigenvalue weighted by Gasteiger charge is -2.29. The second-order valence-electron chi connectivity index (χ2n) is 8.47. The number of thiophene rings is 1. The molecule has 0 aliphatic carbocycles. The molecule has 0 aliphatic heterocycles. The highest BCUT2D eigenvalue weighted by atomic mass is 32.2. The molecule has 2 heterocycles. The number of rotatable bonds is 13. The number of allylic oxidation sites excluding steroid dienone is 1. The molecule has 35 heavy (non-hydrogen) atoms. The number of aliphatic hydroxyl groups excluding tert-OH is 1. The average molecular weight is 518 g/mol. The molecule has 3 aromatic rings. The first-order chi connectivity index (χ1) is 16.7. The van der Waals surface area contributed by atoms with Gasteiger partial charge in [-0.25, -0.2) is 8.42 Å². The smallest absolute Gasteiger partial charge is 0.248 e. The number of benzene rings is 1. The maximum atomic E-state index is 13.5. The van der Waals surface area contributed by atoms with Gasteiger partial charge in [0.1, 0.15) is 4.90 Å². The molecule has 8 nitrogen and oxygen atoms in total. The van der Waals surface area contributed by atoms with Crippen molar-refractivity contribution < 1.29 is 22.8 Å². The molecule has 0 aliphatic rings. The summed E-state index contributed by atoms with van der Waals surface area (Å²) in [5, 5.41) is 19.6. The van der Waals surface area contributed by atoms with E-state index in [0.29, 0.717) is 6.42 Å². The van der Waals surface area contributed by atoms with Gasteiger partial charge in [-0.15, -0.1) is 17.9 Å². The fourth-order valence-corrected chi connectivity index (χ4v) is 5.94. The van der Waals surface area contributed by atoms with E-state index >= 15 is 0 Å². The third kappa shape index (κ3) is 7.35. The van der Waals surface area contributed by atoms with Crippen molar-refractivity contribution in [2.24, 2.45) is 5.92 Å². The fourth-order valence-electron chi connectivity index (χ4n) is 3.63. The van der Waals surface area contributed by atoms with E-state index in [0.717, 1.165) is 10.4 Å². The van der Waals surface area contributed by atoms with E-state index in [9.17, 15) is 18.3 Å². The molecule has 1 amide bonds. The van der Waals surface area contributed by atoms with E-state index in [2.05, 4.69) is 17.1 Å². The van der Waals surface area contributed by atoms with Gasteiger partial charge in [0.05, 0.1) is 18.3 Å². The van der Waals surface area contributed by atoms with Crippen molar-refractivity contribution in [2.45, 2.75) is 50.3 Å². The first kappa shape index (κ1) is 26.8. The molecule has 10 heteroatoms. The summed E-state index contributed by atoms with van der Waals surface area (Å²) in [6.45, 7) is 6.97. The molecule has 188 valence electrons. The van der Waals surface area contributed by atoms with Gasteiger partial charge in [0.25, 0.3) is 0 Å². The summed E-state index contributed by atoms with van der Waals surface area (Å²) < 4.78 is 33.2. The molecule has 1 aromatic carbocycles. The summed E-state index contributed by atoms with van der Waals surface area (Å²) in [5.74, 6) is -0.0973. The highest BCUT2D eigenvalue weighted by molar-refractivity contribution is 7.89. The van der Waals surface area contributed by atoms with Crippen LogP contribution < -0.4 is 5.32 Å². The zero-order chi connectivity index (χ0) is 25.4. The van der Waals surface area contributed by atoms with E-state index in [-0.39, 0.29) is 42.0 Å². The zero-order valence-electron chi connectivity index (χ0n) is 19.8. The summed E-state index contributed by atoms with van der Waals surface area (Å²) in [4.78, 5) is 13.4. The van der Waals surface area contributed by atoms with Crippen LogP contribution in [0.1, 0.15) is 29.5 Å². The van der Waals surface area contributed by atoms with Crippen molar-refractivity contribution in [1.82, 2.24) is 14.8 Å². The van der Waals surface area contributed by atoms with Crippen molar-refractivity contribution in [2.75, 3.05) is 6.54 Å². The van der Waals surface area contributed by atoms with E-state index in [1.807, 2.05) is 54.8 Å². The lowest BCUT2D eigenvalue weighted by molar-refractivity contribution is -0.123. The fraction of sp³-hybridized carbons (Fsp3) is 0.360. The van der Waals surface area contributed by atoms with Crippen molar-refractivity contribution in [3.63, 3.8) is 0 Å². The topological polar surface area (TPSA) is 113 Å². The molecule has 2 N–H and O–H groups in total. The van der Waals surface area contributed by atoms with Gasteiger partial charge < -0.3 is 14.9 Å². The lowest BCUT2D eigenvalue weighted by Crippen LogP contribution is -2.50. The Hall–Kier alpha value is -2.79. The largest absolute Gasteiger partial charge is 0.390 e. The van der Waals surface area contributed by atoms with Crippen LogP contribution in [-0.4, -0.2) is 47.6 Å². The van der Waals surface area contributed by atoms with Crippen molar-refractivity contribution in [3.8, 4) is 0 Å². The summed E-state index contributed by atoms with van der Waals surface area (Å²) in [5.41, 5.74) is 0.913. The van der Waals surface area contributed by atoms with E-state index < -0.39 is 22.2 Å². The quantitative estimate of drug-likeness (QED) is 0.336. The minimum Gasteiger partial charge on any atom is -0.390 e. The van der Waals surface area contributed by atoms with E-state index in [1.54, 1.807) is 6.08 Å². The van der Waals surface area contributed by atoms with Gasteiger partial charge in [-0.3, -0.25) is 4.79 Å². The van der Waals surface area contributed by atoms with Crippen LogP contribution in [-0.2, 0) is 27.8 Å². The van der Waals surface area contributed by atoms with E-state index in [4.69, 9.17) is 4.52 Å².